The maximum Gasteiger partial charge on any atom is 0.316 e. The van der Waals surface area contributed by atoms with Crippen molar-refractivity contribution >= 4 is 11.7 Å². The lowest BCUT2D eigenvalue weighted by Crippen LogP contribution is -2.57. The van der Waals surface area contributed by atoms with Crippen LogP contribution in [-0.2, 0) is 23.7 Å². The van der Waals surface area contributed by atoms with E-state index in [-0.39, 0.29) is 30.4 Å². The van der Waals surface area contributed by atoms with Crippen LogP contribution in [0.2, 0.25) is 0 Å². The van der Waals surface area contributed by atoms with Crippen LogP contribution in [0.4, 0.5) is 0 Å². The van der Waals surface area contributed by atoms with Crippen molar-refractivity contribution in [1.82, 2.24) is 0 Å². The lowest BCUT2D eigenvalue weighted by Gasteiger charge is -2.49. The van der Waals surface area contributed by atoms with Crippen molar-refractivity contribution in [2.24, 2.45) is 22.9 Å². The third kappa shape index (κ3) is 5.48. The number of aliphatic hydroxyl groups is 1. The lowest BCUT2D eigenvalue weighted by molar-refractivity contribution is -0.335. The molecule has 1 spiro atoms. The van der Waals surface area contributed by atoms with Crippen LogP contribution >= 0.6 is 0 Å². The molecule has 9 atom stereocenters. The van der Waals surface area contributed by atoms with Crippen LogP contribution < -0.4 is 0 Å². The number of carbonyl (C=O) groups excluding carboxylic acids is 1. The molecular weight excluding hydrogens is 510 g/mol. The van der Waals surface area contributed by atoms with Crippen molar-refractivity contribution in [1.29, 1.82) is 0 Å². The summed E-state index contributed by atoms with van der Waals surface area (Å²) in [6, 6.07) is 0. The van der Waals surface area contributed by atoms with Crippen molar-refractivity contribution in [3.63, 3.8) is 0 Å². The summed E-state index contributed by atoms with van der Waals surface area (Å²) in [6.07, 6.45) is 13.6. The molecule has 2 N–H and O–H groups in total. The molecule has 0 radical (unpaired) electrons. The number of hydrogen-bond acceptors (Lipinski definition) is 8. The van der Waals surface area contributed by atoms with Crippen molar-refractivity contribution in [2.75, 3.05) is 6.61 Å². The van der Waals surface area contributed by atoms with Gasteiger partial charge < -0.3 is 29.3 Å². The maximum atomic E-state index is 13.9. The van der Waals surface area contributed by atoms with Gasteiger partial charge in [0.15, 0.2) is 5.79 Å². The van der Waals surface area contributed by atoms with Gasteiger partial charge in [0.05, 0.1) is 18.8 Å². The van der Waals surface area contributed by atoms with Crippen molar-refractivity contribution in [3.05, 3.63) is 47.1 Å². The fourth-order valence-corrected chi connectivity index (χ4v) is 7.22. The number of nitrogens with zero attached hydrogens (tertiary/aromatic N) is 1. The molecule has 0 aromatic carbocycles. The Morgan fingerprint density at radius 1 is 1.18 bits per heavy atom. The molecule has 4 aliphatic heterocycles. The highest BCUT2D eigenvalue weighted by molar-refractivity contribution is 6.06. The molecule has 0 aromatic rings. The van der Waals surface area contributed by atoms with Gasteiger partial charge in [-0.3, -0.25) is 4.79 Å². The van der Waals surface area contributed by atoms with E-state index in [0.717, 1.165) is 32.1 Å². The monoisotopic (exact) mass is 555 g/mol. The Hall–Kier alpha value is -2.26. The largest absolute Gasteiger partial charge is 0.462 e. The van der Waals surface area contributed by atoms with E-state index in [4.69, 9.17) is 18.9 Å². The lowest BCUT2D eigenvalue weighted by atomic mass is 9.71. The third-order valence-electron chi connectivity index (χ3n) is 9.45. The molecule has 0 saturated carbocycles. The van der Waals surface area contributed by atoms with Crippen molar-refractivity contribution in [3.8, 4) is 0 Å². The first-order valence-corrected chi connectivity index (χ1v) is 14.9. The van der Waals surface area contributed by atoms with Gasteiger partial charge in [0.1, 0.15) is 29.4 Å². The molecule has 40 heavy (non-hydrogen) atoms. The number of fused-ring (bicyclic) bond motifs is 2. The maximum absolute atomic E-state index is 13.9. The van der Waals surface area contributed by atoms with Gasteiger partial charge in [-0.1, -0.05) is 61.9 Å². The molecule has 3 saturated heterocycles. The first-order chi connectivity index (χ1) is 19.1. The normalized spacial score (nSPS) is 43.5. The number of allylic oxidation sites excluding steroid dienone is 4. The Morgan fingerprint density at radius 2 is 1.98 bits per heavy atom. The van der Waals surface area contributed by atoms with Crippen LogP contribution in [0.1, 0.15) is 79.6 Å². The van der Waals surface area contributed by atoms with E-state index < -0.39 is 35.5 Å². The number of oxime groups is 1. The topological polar surface area (TPSA) is 107 Å². The predicted octanol–water partition coefficient (Wildman–Crippen LogP) is 5.39. The highest BCUT2D eigenvalue weighted by Gasteiger charge is 2.59. The second-order valence-electron chi connectivity index (χ2n) is 12.6. The van der Waals surface area contributed by atoms with Crippen LogP contribution in [0.5, 0.6) is 0 Å². The minimum atomic E-state index is -1.72. The van der Waals surface area contributed by atoms with Gasteiger partial charge in [-0.05, 0) is 62.5 Å². The summed E-state index contributed by atoms with van der Waals surface area (Å²) in [5.41, 5.74) is 0.922. The fourth-order valence-electron chi connectivity index (χ4n) is 7.22. The Kier molecular flexibility index (Phi) is 8.44. The van der Waals surface area contributed by atoms with Crippen LogP contribution in [0.3, 0.4) is 0 Å². The van der Waals surface area contributed by atoms with Gasteiger partial charge in [0.25, 0.3) is 0 Å². The highest BCUT2D eigenvalue weighted by Crippen LogP contribution is 2.46. The predicted molar refractivity (Wildman–Crippen MR) is 151 cm³/mol. The third-order valence-corrected chi connectivity index (χ3v) is 9.45. The minimum Gasteiger partial charge on any atom is -0.462 e. The number of ether oxygens (including phenoxy) is 4. The van der Waals surface area contributed by atoms with Crippen LogP contribution in [0, 0.1) is 17.8 Å². The summed E-state index contributed by atoms with van der Waals surface area (Å²) in [7, 11) is 0. The SMILES string of the molecule is CCC1OC2(CCC1C)CC1CC(CC=C(C)CC(C)C=CC=C3COC4C(=NO)C(C)=CC(C(=O)O1)C34O)O2. The van der Waals surface area contributed by atoms with Gasteiger partial charge >= 0.3 is 5.97 Å². The average Bonchev–Trinajstić information content (AvgIpc) is 3.24. The van der Waals surface area contributed by atoms with Gasteiger partial charge in [-0.25, -0.2) is 0 Å². The number of rotatable bonds is 1. The second-order valence-corrected chi connectivity index (χ2v) is 12.6. The molecule has 3 fully saturated rings. The van der Waals surface area contributed by atoms with Crippen molar-refractivity contribution in [2.45, 2.75) is 115 Å². The standard InChI is InChI=1S/C32H45NO7/c1-6-27-21(4)12-13-31(40-27)17-25-16-24(39-31)11-10-20(3)14-19(2)8-7-9-23-18-37-29-28(33-36)22(5)15-26(30(34)38-25)32(23,29)35/h7-10,15,19,21,24-27,29,35-36H,6,11-14,16-18H2,1-5H3. The van der Waals surface area contributed by atoms with Crippen molar-refractivity contribution < 1.29 is 34.1 Å². The molecule has 5 aliphatic rings. The molecule has 5 rings (SSSR count). The Labute approximate surface area is 237 Å². The molecular formula is C32H45NO7. The Balaban J connectivity index is 1.53. The number of hydrogen-bond donors (Lipinski definition) is 2. The molecule has 2 bridgehead atoms. The molecule has 0 aromatic heterocycles. The van der Waals surface area contributed by atoms with Crippen LogP contribution in [0.15, 0.2) is 52.3 Å². The molecule has 220 valence electrons. The summed E-state index contributed by atoms with van der Waals surface area (Å²) >= 11 is 0. The molecule has 4 heterocycles. The number of carbonyl (C=O) groups is 1. The summed E-state index contributed by atoms with van der Waals surface area (Å²) in [5, 5.41) is 25.3. The first kappa shape index (κ1) is 29.2. The average molecular weight is 556 g/mol. The van der Waals surface area contributed by atoms with E-state index >= 15 is 0 Å². The smallest absolute Gasteiger partial charge is 0.316 e. The molecule has 8 nitrogen and oxygen atoms in total. The Bertz CT molecular complexity index is 1140. The quantitative estimate of drug-likeness (QED) is 0.193. The Morgan fingerprint density at radius 3 is 2.73 bits per heavy atom. The second kappa shape index (κ2) is 11.6. The summed E-state index contributed by atoms with van der Waals surface area (Å²) in [5.74, 6) is -1.60. The summed E-state index contributed by atoms with van der Waals surface area (Å²) < 4.78 is 25.5. The summed E-state index contributed by atoms with van der Waals surface area (Å²) in [4.78, 5) is 13.9. The van der Waals surface area contributed by atoms with Gasteiger partial charge in [0.2, 0.25) is 0 Å². The van der Waals surface area contributed by atoms with E-state index in [1.807, 2.05) is 12.2 Å². The van der Waals surface area contributed by atoms with Gasteiger partial charge in [-0.15, -0.1) is 0 Å². The van der Waals surface area contributed by atoms with Crippen LogP contribution in [0.25, 0.3) is 0 Å². The van der Waals surface area contributed by atoms with E-state index in [1.165, 1.54) is 5.57 Å². The summed E-state index contributed by atoms with van der Waals surface area (Å²) in [6.45, 7) is 10.5. The van der Waals surface area contributed by atoms with E-state index in [1.54, 1.807) is 13.0 Å². The minimum absolute atomic E-state index is 0.0940. The molecule has 0 amide bonds. The molecule has 9 unspecified atom stereocenters. The molecule has 1 aliphatic carbocycles. The zero-order chi connectivity index (χ0) is 28.7. The van der Waals surface area contributed by atoms with Gasteiger partial charge in [-0.2, -0.15) is 0 Å². The fraction of sp³-hybridized carbons (Fsp3) is 0.688. The van der Waals surface area contributed by atoms with E-state index in [0.29, 0.717) is 29.9 Å². The highest BCUT2D eigenvalue weighted by atomic mass is 16.7. The first-order valence-electron chi connectivity index (χ1n) is 14.9. The van der Waals surface area contributed by atoms with E-state index in [9.17, 15) is 15.1 Å². The zero-order valence-corrected chi connectivity index (χ0v) is 24.5. The molecule has 8 heteroatoms. The van der Waals surface area contributed by atoms with Crippen LogP contribution in [-0.4, -0.2) is 64.4 Å². The van der Waals surface area contributed by atoms with E-state index in [2.05, 4.69) is 45.0 Å². The number of esters is 1. The van der Waals surface area contributed by atoms with Gasteiger partial charge in [0, 0.05) is 19.3 Å². The zero-order valence-electron chi connectivity index (χ0n) is 24.5.